The molecule has 0 radical (unpaired) electrons. The van der Waals surface area contributed by atoms with E-state index in [1.165, 1.54) is 11.8 Å². The van der Waals surface area contributed by atoms with Gasteiger partial charge in [-0.05, 0) is 35.5 Å². The van der Waals surface area contributed by atoms with Gasteiger partial charge in [0.05, 0.1) is 6.54 Å². The first kappa shape index (κ1) is 14.4. The third kappa shape index (κ3) is 3.74. The maximum atomic E-state index is 11.6. The molecule has 1 aromatic heterocycles. The molecule has 1 aromatic carbocycles. The van der Waals surface area contributed by atoms with Crippen LogP contribution in [0.4, 0.5) is 4.79 Å². The van der Waals surface area contributed by atoms with E-state index in [4.69, 9.17) is 0 Å². The van der Waals surface area contributed by atoms with Gasteiger partial charge in [-0.15, -0.1) is 0 Å². The lowest BCUT2D eigenvalue weighted by atomic mass is 10.2. The van der Waals surface area contributed by atoms with E-state index in [-0.39, 0.29) is 10.8 Å². The van der Waals surface area contributed by atoms with E-state index in [0.717, 1.165) is 10.5 Å². The van der Waals surface area contributed by atoms with E-state index >= 15 is 0 Å². The summed E-state index contributed by atoms with van der Waals surface area (Å²) in [6.07, 6.45) is 1.76. The van der Waals surface area contributed by atoms with Gasteiger partial charge in [0, 0.05) is 31.3 Å². The second-order valence-electron chi connectivity index (χ2n) is 4.57. The third-order valence-corrected chi connectivity index (χ3v) is 3.79. The van der Waals surface area contributed by atoms with Crippen molar-refractivity contribution < 1.29 is 4.79 Å². The van der Waals surface area contributed by atoms with Crippen LogP contribution < -0.4 is 5.56 Å². The highest BCUT2D eigenvalue weighted by Gasteiger charge is 2.06. The van der Waals surface area contributed by atoms with E-state index in [0.29, 0.717) is 6.54 Å². The first-order valence-electron chi connectivity index (χ1n) is 6.20. The maximum absolute atomic E-state index is 11.6. The average molecular weight is 288 g/mol. The number of amides is 1. The second kappa shape index (κ2) is 6.43. The van der Waals surface area contributed by atoms with Crippen molar-refractivity contribution in [2.24, 2.45) is 0 Å². The van der Waals surface area contributed by atoms with Crippen molar-refractivity contribution >= 4 is 17.0 Å². The molecule has 0 fully saturated rings. The molecule has 0 aliphatic rings. The molecule has 0 atom stereocenters. The van der Waals surface area contributed by atoms with Gasteiger partial charge in [-0.25, -0.2) is 0 Å². The third-order valence-electron chi connectivity index (χ3n) is 2.75. The highest BCUT2D eigenvalue weighted by Crippen LogP contribution is 2.20. The quantitative estimate of drug-likeness (QED) is 0.815. The fourth-order valence-electron chi connectivity index (χ4n) is 1.64. The summed E-state index contributed by atoms with van der Waals surface area (Å²) in [6.45, 7) is 0.534. The van der Waals surface area contributed by atoms with Gasteiger partial charge in [-0.3, -0.25) is 9.59 Å². The Bertz CT molecular complexity index is 647. The Morgan fingerprint density at radius 2 is 1.85 bits per heavy atom. The van der Waals surface area contributed by atoms with Crippen LogP contribution in [0.2, 0.25) is 0 Å². The molecule has 0 aliphatic carbocycles. The topological polar surface area (TPSA) is 42.3 Å². The number of carbonyl (C=O) groups is 1. The van der Waals surface area contributed by atoms with Crippen molar-refractivity contribution in [2.45, 2.75) is 11.4 Å². The van der Waals surface area contributed by atoms with E-state index in [2.05, 4.69) is 0 Å². The van der Waals surface area contributed by atoms with Crippen molar-refractivity contribution in [1.82, 2.24) is 9.47 Å². The van der Waals surface area contributed by atoms with Gasteiger partial charge >= 0.3 is 0 Å². The minimum Gasteiger partial charge on any atom is -0.339 e. The Kier molecular flexibility index (Phi) is 4.63. The van der Waals surface area contributed by atoms with Crippen molar-refractivity contribution in [3.8, 4) is 0 Å². The van der Waals surface area contributed by atoms with E-state index in [1.807, 2.05) is 30.3 Å². The molecule has 0 saturated carbocycles. The molecule has 104 valence electrons. The van der Waals surface area contributed by atoms with Gasteiger partial charge in [-0.1, -0.05) is 18.2 Å². The number of carbonyl (C=O) groups excluding carboxylic acids is 1. The molecular formula is C15H16N2O2S. The number of nitrogens with zero attached hydrogens (tertiary/aromatic N) is 2. The van der Waals surface area contributed by atoms with Crippen LogP contribution in [0.1, 0.15) is 5.56 Å². The molecular weight excluding hydrogens is 272 g/mol. The Labute approximate surface area is 122 Å². The Morgan fingerprint density at radius 1 is 1.15 bits per heavy atom. The highest BCUT2D eigenvalue weighted by molar-refractivity contribution is 8.13. The fraction of sp³-hybridized carbons (Fsp3) is 0.200. The van der Waals surface area contributed by atoms with Crippen molar-refractivity contribution in [3.63, 3.8) is 0 Å². The fourth-order valence-corrected chi connectivity index (χ4v) is 2.30. The van der Waals surface area contributed by atoms with Crippen LogP contribution in [0.3, 0.4) is 0 Å². The predicted octanol–water partition coefficient (Wildman–Crippen LogP) is 2.67. The van der Waals surface area contributed by atoms with E-state index < -0.39 is 0 Å². The number of rotatable bonds is 3. The number of aromatic nitrogens is 1. The average Bonchev–Trinajstić information content (AvgIpc) is 2.43. The summed E-state index contributed by atoms with van der Waals surface area (Å²) in [4.78, 5) is 25.6. The van der Waals surface area contributed by atoms with Gasteiger partial charge in [0.1, 0.15) is 0 Å². The minimum atomic E-state index is -0.0197. The SMILES string of the molecule is CN(C)C(=O)Sc1ccc(Cn2ccccc2=O)cc1. The molecule has 1 amide bonds. The monoisotopic (exact) mass is 288 g/mol. The van der Waals surface area contributed by atoms with Crippen molar-refractivity contribution in [1.29, 1.82) is 0 Å². The zero-order valence-electron chi connectivity index (χ0n) is 11.4. The van der Waals surface area contributed by atoms with Crippen molar-refractivity contribution in [3.05, 3.63) is 64.6 Å². The Balaban J connectivity index is 2.07. The summed E-state index contributed by atoms with van der Waals surface area (Å²) >= 11 is 1.19. The van der Waals surface area contributed by atoms with Crippen LogP contribution in [0.5, 0.6) is 0 Å². The standard InChI is InChI=1S/C15H16N2O2S/c1-16(2)15(19)20-13-8-6-12(7-9-13)11-17-10-4-3-5-14(17)18/h3-10H,11H2,1-2H3. The summed E-state index contributed by atoms with van der Waals surface area (Å²) in [7, 11) is 3.46. The first-order valence-corrected chi connectivity index (χ1v) is 7.01. The molecule has 0 bridgehead atoms. The summed E-state index contributed by atoms with van der Waals surface area (Å²) < 4.78 is 1.65. The summed E-state index contributed by atoms with van der Waals surface area (Å²) in [5.41, 5.74) is 1.01. The van der Waals surface area contributed by atoms with Gasteiger partial charge in [0.15, 0.2) is 0 Å². The van der Waals surface area contributed by atoms with Gasteiger partial charge in [0.25, 0.3) is 10.8 Å². The van der Waals surface area contributed by atoms with Gasteiger partial charge in [-0.2, -0.15) is 0 Å². The number of hydrogen-bond acceptors (Lipinski definition) is 3. The minimum absolute atomic E-state index is 0.00275. The molecule has 0 unspecified atom stereocenters. The lowest BCUT2D eigenvalue weighted by molar-refractivity contribution is 0.241. The van der Waals surface area contributed by atoms with E-state index in [1.54, 1.807) is 41.9 Å². The number of pyridine rings is 1. The lowest BCUT2D eigenvalue weighted by Gasteiger charge is -2.09. The summed E-state index contributed by atoms with van der Waals surface area (Å²) in [5, 5.41) is -0.00275. The molecule has 4 nitrogen and oxygen atoms in total. The lowest BCUT2D eigenvalue weighted by Crippen LogP contribution is -2.18. The smallest absolute Gasteiger partial charge is 0.285 e. The molecule has 0 aliphatic heterocycles. The van der Waals surface area contributed by atoms with Crippen LogP contribution in [0, 0.1) is 0 Å². The van der Waals surface area contributed by atoms with Crippen LogP contribution in [0.15, 0.2) is 58.4 Å². The summed E-state index contributed by atoms with van der Waals surface area (Å²) in [6, 6.07) is 12.8. The second-order valence-corrected chi connectivity index (χ2v) is 5.60. The largest absolute Gasteiger partial charge is 0.339 e. The molecule has 0 N–H and O–H groups in total. The van der Waals surface area contributed by atoms with Crippen LogP contribution >= 0.6 is 11.8 Å². The van der Waals surface area contributed by atoms with Gasteiger partial charge in [0.2, 0.25) is 0 Å². The molecule has 0 saturated heterocycles. The molecule has 20 heavy (non-hydrogen) atoms. The molecule has 0 spiro atoms. The zero-order chi connectivity index (χ0) is 14.5. The maximum Gasteiger partial charge on any atom is 0.285 e. The van der Waals surface area contributed by atoms with E-state index in [9.17, 15) is 9.59 Å². The van der Waals surface area contributed by atoms with Gasteiger partial charge < -0.3 is 9.47 Å². The molecule has 2 rings (SSSR count). The first-order chi connectivity index (χ1) is 9.56. The number of thioether (sulfide) groups is 1. The zero-order valence-corrected chi connectivity index (χ0v) is 12.3. The Morgan fingerprint density at radius 3 is 2.45 bits per heavy atom. The normalized spacial score (nSPS) is 10.3. The molecule has 1 heterocycles. The van der Waals surface area contributed by atoms with Crippen LogP contribution in [0.25, 0.3) is 0 Å². The molecule has 5 heteroatoms. The summed E-state index contributed by atoms with van der Waals surface area (Å²) in [5.74, 6) is 0. The van der Waals surface area contributed by atoms with Crippen LogP contribution in [-0.4, -0.2) is 28.8 Å². The highest BCUT2D eigenvalue weighted by atomic mass is 32.2. The number of benzene rings is 1. The van der Waals surface area contributed by atoms with Crippen LogP contribution in [-0.2, 0) is 6.54 Å². The Hall–Kier alpha value is -2.01. The number of hydrogen-bond donors (Lipinski definition) is 0. The van der Waals surface area contributed by atoms with Crippen molar-refractivity contribution in [2.75, 3.05) is 14.1 Å². The predicted molar refractivity (Wildman–Crippen MR) is 81.2 cm³/mol. The molecule has 2 aromatic rings.